The number of hydrogen-bond acceptors (Lipinski definition) is 9. The van der Waals surface area contributed by atoms with Gasteiger partial charge in [-0.3, -0.25) is 28.5 Å². The number of aromatic nitrogens is 2. The summed E-state index contributed by atoms with van der Waals surface area (Å²) in [6.45, 7) is 5.07. The van der Waals surface area contributed by atoms with Crippen molar-refractivity contribution in [2.24, 2.45) is 5.92 Å². The second-order valence-corrected chi connectivity index (χ2v) is 10.2. The highest BCUT2D eigenvalue weighted by Crippen LogP contribution is 2.34. The SMILES string of the molecule is COC(=O)CC1C(=O)NCCN1c1nc2ccccn2c(=O)c1/C=C1\SC(=S)N(CC(C)C)C1=O. The van der Waals surface area contributed by atoms with Crippen LogP contribution in [0.4, 0.5) is 5.82 Å². The fourth-order valence-electron chi connectivity index (χ4n) is 4.00. The van der Waals surface area contributed by atoms with Gasteiger partial charge in [-0.2, -0.15) is 0 Å². The number of methoxy groups -OCH3 is 1. The zero-order valence-electron chi connectivity index (χ0n) is 19.5. The minimum absolute atomic E-state index is 0.142. The molecule has 2 aliphatic rings. The third-order valence-electron chi connectivity index (χ3n) is 5.64. The summed E-state index contributed by atoms with van der Waals surface area (Å²) in [6, 6.07) is 4.21. The van der Waals surface area contributed by atoms with E-state index < -0.39 is 17.6 Å². The third kappa shape index (κ3) is 4.94. The predicted octanol–water partition coefficient (Wildman–Crippen LogP) is 1.42. The molecule has 1 atom stereocenters. The molecule has 1 unspecified atom stereocenters. The molecule has 184 valence electrons. The summed E-state index contributed by atoms with van der Waals surface area (Å²) in [5, 5.41) is 2.75. The van der Waals surface area contributed by atoms with E-state index in [0.717, 1.165) is 11.8 Å². The van der Waals surface area contributed by atoms with Crippen LogP contribution < -0.4 is 15.8 Å². The molecule has 2 amide bonds. The summed E-state index contributed by atoms with van der Waals surface area (Å²) >= 11 is 6.53. The van der Waals surface area contributed by atoms with E-state index in [0.29, 0.717) is 34.5 Å². The molecule has 2 saturated heterocycles. The van der Waals surface area contributed by atoms with Gasteiger partial charge >= 0.3 is 5.97 Å². The lowest BCUT2D eigenvalue weighted by atomic mass is 10.1. The van der Waals surface area contributed by atoms with Crippen molar-refractivity contribution in [3.8, 4) is 0 Å². The lowest BCUT2D eigenvalue weighted by molar-refractivity contribution is -0.143. The average molecular weight is 516 g/mol. The van der Waals surface area contributed by atoms with Crippen LogP contribution in [0.2, 0.25) is 0 Å². The zero-order chi connectivity index (χ0) is 25.3. The van der Waals surface area contributed by atoms with E-state index in [2.05, 4.69) is 10.3 Å². The molecule has 10 nitrogen and oxygen atoms in total. The van der Waals surface area contributed by atoms with Crippen LogP contribution in [0.3, 0.4) is 0 Å². The van der Waals surface area contributed by atoms with E-state index in [1.165, 1.54) is 22.5 Å². The lowest BCUT2D eigenvalue weighted by Crippen LogP contribution is -2.57. The normalized spacial score (nSPS) is 19.7. The minimum Gasteiger partial charge on any atom is -0.469 e. The Morgan fingerprint density at radius 2 is 2.11 bits per heavy atom. The molecule has 1 N–H and O–H groups in total. The second-order valence-electron chi connectivity index (χ2n) is 8.55. The van der Waals surface area contributed by atoms with Gasteiger partial charge in [0, 0.05) is 25.8 Å². The molecule has 4 rings (SSSR count). The highest BCUT2D eigenvalue weighted by molar-refractivity contribution is 8.26. The number of hydrogen-bond donors (Lipinski definition) is 1. The first kappa shape index (κ1) is 24.9. The number of pyridine rings is 1. The predicted molar refractivity (Wildman–Crippen MR) is 137 cm³/mol. The Hall–Kier alpha value is -3.25. The number of esters is 1. The molecule has 35 heavy (non-hydrogen) atoms. The van der Waals surface area contributed by atoms with E-state index >= 15 is 0 Å². The van der Waals surface area contributed by atoms with Crippen LogP contribution in [-0.2, 0) is 19.1 Å². The van der Waals surface area contributed by atoms with Crippen molar-refractivity contribution in [2.45, 2.75) is 26.3 Å². The average Bonchev–Trinajstić information content (AvgIpc) is 3.09. The summed E-state index contributed by atoms with van der Waals surface area (Å²) in [6.07, 6.45) is 2.87. The van der Waals surface area contributed by atoms with Crippen molar-refractivity contribution < 1.29 is 19.1 Å². The third-order valence-corrected chi connectivity index (χ3v) is 7.01. The maximum atomic E-state index is 13.6. The Morgan fingerprint density at radius 3 is 2.83 bits per heavy atom. The van der Waals surface area contributed by atoms with Crippen molar-refractivity contribution >= 4 is 63.6 Å². The van der Waals surface area contributed by atoms with Gasteiger partial charge in [-0.25, -0.2) is 4.98 Å². The van der Waals surface area contributed by atoms with Gasteiger partial charge in [-0.05, 0) is 24.1 Å². The monoisotopic (exact) mass is 515 g/mol. The van der Waals surface area contributed by atoms with E-state index in [1.807, 2.05) is 13.8 Å². The van der Waals surface area contributed by atoms with Crippen LogP contribution in [0.1, 0.15) is 25.8 Å². The first-order valence-electron chi connectivity index (χ1n) is 11.1. The molecule has 0 aromatic carbocycles. The van der Waals surface area contributed by atoms with Crippen LogP contribution in [-0.4, -0.2) is 69.2 Å². The van der Waals surface area contributed by atoms with Gasteiger partial charge in [-0.15, -0.1) is 0 Å². The Kier molecular flexibility index (Phi) is 7.22. The van der Waals surface area contributed by atoms with Crippen LogP contribution in [0.5, 0.6) is 0 Å². The number of anilines is 1. The number of amides is 2. The van der Waals surface area contributed by atoms with E-state index in [9.17, 15) is 19.2 Å². The number of carbonyl (C=O) groups excluding carboxylic acids is 3. The van der Waals surface area contributed by atoms with Crippen molar-refractivity contribution in [1.82, 2.24) is 19.6 Å². The maximum Gasteiger partial charge on any atom is 0.308 e. The lowest BCUT2D eigenvalue weighted by Gasteiger charge is -2.36. The fraction of sp³-hybridized carbons (Fsp3) is 0.391. The molecule has 12 heteroatoms. The molecular weight excluding hydrogens is 490 g/mol. The van der Waals surface area contributed by atoms with Crippen molar-refractivity contribution in [3.63, 3.8) is 0 Å². The number of thiocarbonyl (C=S) groups is 1. The number of carbonyl (C=O) groups is 3. The number of nitrogens with zero attached hydrogens (tertiary/aromatic N) is 4. The smallest absolute Gasteiger partial charge is 0.308 e. The van der Waals surface area contributed by atoms with Gasteiger partial charge in [0.1, 0.15) is 21.8 Å². The zero-order valence-corrected chi connectivity index (χ0v) is 21.1. The van der Waals surface area contributed by atoms with Gasteiger partial charge in [0.2, 0.25) is 5.91 Å². The summed E-state index contributed by atoms with van der Waals surface area (Å²) in [4.78, 5) is 59.6. The molecule has 0 saturated carbocycles. The molecule has 0 bridgehead atoms. The Morgan fingerprint density at radius 1 is 1.34 bits per heavy atom. The number of ether oxygens (including phenoxy) is 1. The summed E-state index contributed by atoms with van der Waals surface area (Å²) < 4.78 is 6.58. The van der Waals surface area contributed by atoms with E-state index in [4.69, 9.17) is 17.0 Å². The standard InChI is InChI=1S/C23H25N5O5S2/c1-13(2)12-28-22(32)16(35-23(28)34)10-14-19(25-17-6-4-5-8-27(17)21(14)31)26-9-7-24-20(30)15(26)11-18(29)33-3/h4-6,8,10,13,15H,7,9,11-12H2,1-3H3,(H,24,30)/b16-10-. The first-order chi connectivity index (χ1) is 16.7. The van der Waals surface area contributed by atoms with Gasteiger partial charge in [-0.1, -0.05) is 43.9 Å². The van der Waals surface area contributed by atoms with Gasteiger partial charge in [0.15, 0.2) is 0 Å². The summed E-state index contributed by atoms with van der Waals surface area (Å²) in [5.41, 5.74) is 0.116. The highest BCUT2D eigenvalue weighted by Gasteiger charge is 2.36. The number of thioether (sulfide) groups is 1. The molecule has 2 aromatic rings. The van der Waals surface area contributed by atoms with Crippen LogP contribution in [0.25, 0.3) is 11.7 Å². The molecular formula is C23H25N5O5S2. The summed E-state index contributed by atoms with van der Waals surface area (Å²) in [7, 11) is 1.25. The molecule has 0 radical (unpaired) electrons. The topological polar surface area (TPSA) is 113 Å². The largest absolute Gasteiger partial charge is 0.469 e. The molecule has 2 aromatic heterocycles. The molecule has 2 fully saturated rings. The number of rotatable bonds is 6. The van der Waals surface area contributed by atoms with Gasteiger partial charge < -0.3 is 15.0 Å². The van der Waals surface area contributed by atoms with Crippen molar-refractivity contribution in [2.75, 3.05) is 31.6 Å². The van der Waals surface area contributed by atoms with Crippen LogP contribution in [0.15, 0.2) is 34.1 Å². The van der Waals surface area contributed by atoms with Crippen LogP contribution >= 0.6 is 24.0 Å². The van der Waals surface area contributed by atoms with Gasteiger partial charge in [0.25, 0.3) is 11.5 Å². The van der Waals surface area contributed by atoms with E-state index in [1.54, 1.807) is 29.3 Å². The second kappa shape index (κ2) is 10.2. The van der Waals surface area contributed by atoms with Crippen molar-refractivity contribution in [3.05, 3.63) is 45.2 Å². The van der Waals surface area contributed by atoms with E-state index in [-0.39, 0.29) is 35.5 Å². The van der Waals surface area contributed by atoms with Crippen LogP contribution in [0, 0.1) is 5.92 Å². The Balaban J connectivity index is 1.87. The molecule has 2 aliphatic heterocycles. The number of nitrogens with one attached hydrogen (secondary N) is 1. The Labute approximate surface area is 211 Å². The first-order valence-corrected chi connectivity index (χ1v) is 12.3. The molecule has 4 heterocycles. The quantitative estimate of drug-likeness (QED) is 0.347. The molecule has 0 spiro atoms. The Bertz CT molecular complexity index is 1300. The number of fused-ring (bicyclic) bond motifs is 1. The minimum atomic E-state index is -0.920. The summed E-state index contributed by atoms with van der Waals surface area (Å²) in [5.74, 6) is -0.776. The highest BCUT2D eigenvalue weighted by atomic mass is 32.2. The van der Waals surface area contributed by atoms with Crippen molar-refractivity contribution in [1.29, 1.82) is 0 Å². The molecule has 0 aliphatic carbocycles. The number of piperazine rings is 1. The maximum absolute atomic E-state index is 13.6. The van der Waals surface area contributed by atoms with Gasteiger partial charge in [0.05, 0.1) is 24.0 Å². The fourth-order valence-corrected chi connectivity index (χ4v) is 5.26.